The van der Waals surface area contributed by atoms with Crippen LogP contribution in [0.15, 0.2) is 24.3 Å². The lowest BCUT2D eigenvalue weighted by atomic mass is 9.76. The summed E-state index contributed by atoms with van der Waals surface area (Å²) in [4.78, 5) is 0. The fourth-order valence-corrected chi connectivity index (χ4v) is 3.41. The van der Waals surface area contributed by atoms with E-state index in [-0.39, 0.29) is 6.10 Å². The number of hydrogen-bond acceptors (Lipinski definition) is 2. The van der Waals surface area contributed by atoms with E-state index in [9.17, 15) is 5.11 Å². The summed E-state index contributed by atoms with van der Waals surface area (Å²) in [7, 11) is 0. The van der Waals surface area contributed by atoms with Gasteiger partial charge in [0.1, 0.15) is 5.75 Å². The Labute approximate surface area is 122 Å². The molecule has 0 aromatic heterocycles. The minimum Gasteiger partial charge on any atom is -0.490 e. The third kappa shape index (κ3) is 3.35. The molecule has 2 heteroatoms. The third-order valence-corrected chi connectivity index (χ3v) is 4.87. The molecule has 2 nitrogen and oxygen atoms in total. The molecule has 0 aliphatic heterocycles. The van der Waals surface area contributed by atoms with Crippen molar-refractivity contribution in [2.75, 3.05) is 0 Å². The first-order valence-electron chi connectivity index (χ1n) is 8.21. The first-order valence-corrected chi connectivity index (χ1v) is 8.21. The number of aliphatic hydroxyl groups excluding tert-OH is 1. The highest BCUT2D eigenvalue weighted by Crippen LogP contribution is 2.39. The lowest BCUT2D eigenvalue weighted by molar-refractivity contribution is 0.0675. The largest absolute Gasteiger partial charge is 0.490 e. The molecule has 0 spiro atoms. The van der Waals surface area contributed by atoms with Gasteiger partial charge >= 0.3 is 0 Å². The van der Waals surface area contributed by atoms with E-state index in [1.165, 1.54) is 38.5 Å². The Bertz CT molecular complexity index is 439. The average Bonchev–Trinajstić information content (AvgIpc) is 3.31. The summed E-state index contributed by atoms with van der Waals surface area (Å²) in [6.07, 6.45) is 8.61. The molecule has 20 heavy (non-hydrogen) atoms. The van der Waals surface area contributed by atoms with E-state index < -0.39 is 0 Å². The maximum atomic E-state index is 10.7. The van der Waals surface area contributed by atoms with Gasteiger partial charge in [0.25, 0.3) is 0 Å². The molecule has 0 heterocycles. The van der Waals surface area contributed by atoms with Gasteiger partial charge in [-0.15, -0.1) is 0 Å². The van der Waals surface area contributed by atoms with Crippen LogP contribution in [0.4, 0.5) is 0 Å². The zero-order valence-corrected chi connectivity index (χ0v) is 12.4. The molecule has 3 unspecified atom stereocenters. The number of hydrogen-bond donors (Lipinski definition) is 1. The molecule has 2 saturated carbocycles. The molecule has 3 atom stereocenters. The molecule has 2 fully saturated rings. The standard InChI is InChI=1S/C18H26O2/c1-2-13-5-3-6-14(11-13)18(19)15-7-4-8-17(12-15)20-16-9-10-16/h4,7-8,12-14,16,18-19H,2-3,5-6,9-11H2,1H3. The topological polar surface area (TPSA) is 29.5 Å². The van der Waals surface area contributed by atoms with Crippen LogP contribution in [0.1, 0.15) is 63.5 Å². The van der Waals surface area contributed by atoms with E-state index in [1.807, 2.05) is 24.3 Å². The Kier molecular flexibility index (Phi) is 4.30. The summed E-state index contributed by atoms with van der Waals surface area (Å²) in [6, 6.07) is 8.10. The van der Waals surface area contributed by atoms with E-state index in [4.69, 9.17) is 4.74 Å². The highest BCUT2D eigenvalue weighted by atomic mass is 16.5. The molecular weight excluding hydrogens is 248 g/mol. The Morgan fingerprint density at radius 3 is 2.85 bits per heavy atom. The van der Waals surface area contributed by atoms with Gasteiger partial charge in [-0.3, -0.25) is 0 Å². The van der Waals surface area contributed by atoms with Crippen molar-refractivity contribution in [3.63, 3.8) is 0 Å². The minimum absolute atomic E-state index is 0.327. The summed E-state index contributed by atoms with van der Waals surface area (Å²) >= 11 is 0. The van der Waals surface area contributed by atoms with Gasteiger partial charge in [-0.2, -0.15) is 0 Å². The number of rotatable bonds is 5. The predicted molar refractivity (Wildman–Crippen MR) is 80.8 cm³/mol. The highest BCUT2D eigenvalue weighted by molar-refractivity contribution is 5.30. The zero-order valence-electron chi connectivity index (χ0n) is 12.4. The Morgan fingerprint density at radius 2 is 2.10 bits per heavy atom. The van der Waals surface area contributed by atoms with Gasteiger partial charge in [0.15, 0.2) is 0 Å². The fourth-order valence-electron chi connectivity index (χ4n) is 3.41. The van der Waals surface area contributed by atoms with Gasteiger partial charge in [0.05, 0.1) is 12.2 Å². The lowest BCUT2D eigenvalue weighted by Crippen LogP contribution is -2.21. The van der Waals surface area contributed by atoms with Crippen molar-refractivity contribution >= 4 is 0 Å². The first kappa shape index (κ1) is 13.9. The second kappa shape index (κ2) is 6.17. The molecular formula is C18H26O2. The van der Waals surface area contributed by atoms with Crippen LogP contribution in [-0.2, 0) is 0 Å². The second-order valence-corrected chi connectivity index (χ2v) is 6.54. The van der Waals surface area contributed by atoms with E-state index >= 15 is 0 Å². The smallest absolute Gasteiger partial charge is 0.120 e. The molecule has 1 N–H and O–H groups in total. The molecule has 0 bridgehead atoms. The summed E-state index contributed by atoms with van der Waals surface area (Å²) in [5.41, 5.74) is 1.03. The van der Waals surface area contributed by atoms with Crippen LogP contribution in [0.5, 0.6) is 5.75 Å². The van der Waals surface area contributed by atoms with Gasteiger partial charge in [0, 0.05) is 0 Å². The van der Waals surface area contributed by atoms with Crippen molar-refractivity contribution in [1.29, 1.82) is 0 Å². The highest BCUT2D eigenvalue weighted by Gasteiger charge is 2.28. The van der Waals surface area contributed by atoms with Crippen LogP contribution < -0.4 is 4.74 Å². The summed E-state index contributed by atoms with van der Waals surface area (Å²) in [5, 5.41) is 10.7. The summed E-state index contributed by atoms with van der Waals surface area (Å²) in [6.45, 7) is 2.27. The Hall–Kier alpha value is -1.02. The van der Waals surface area contributed by atoms with Crippen molar-refractivity contribution in [3.8, 4) is 5.75 Å². The van der Waals surface area contributed by atoms with Crippen molar-refractivity contribution < 1.29 is 9.84 Å². The second-order valence-electron chi connectivity index (χ2n) is 6.54. The third-order valence-electron chi connectivity index (χ3n) is 4.87. The molecule has 3 rings (SSSR count). The minimum atomic E-state index is -0.327. The molecule has 110 valence electrons. The fraction of sp³-hybridized carbons (Fsp3) is 0.667. The van der Waals surface area contributed by atoms with Crippen molar-refractivity contribution in [1.82, 2.24) is 0 Å². The average molecular weight is 274 g/mol. The molecule has 1 aromatic carbocycles. The van der Waals surface area contributed by atoms with Crippen LogP contribution >= 0.6 is 0 Å². The van der Waals surface area contributed by atoms with Gasteiger partial charge in [-0.05, 0) is 55.2 Å². The van der Waals surface area contributed by atoms with E-state index in [0.717, 1.165) is 23.7 Å². The van der Waals surface area contributed by atoms with Crippen molar-refractivity contribution in [2.24, 2.45) is 11.8 Å². The normalized spacial score (nSPS) is 28.1. The number of benzene rings is 1. The predicted octanol–water partition coefficient (Wildman–Crippen LogP) is 4.48. The van der Waals surface area contributed by atoms with Gasteiger partial charge in [0.2, 0.25) is 0 Å². The Balaban J connectivity index is 1.67. The monoisotopic (exact) mass is 274 g/mol. The quantitative estimate of drug-likeness (QED) is 0.858. The van der Waals surface area contributed by atoms with E-state index in [1.54, 1.807) is 0 Å². The molecule has 0 amide bonds. The molecule has 2 aliphatic carbocycles. The lowest BCUT2D eigenvalue weighted by Gasteiger charge is -2.32. The SMILES string of the molecule is CCC1CCCC(C(O)c2cccc(OC3CC3)c2)C1. The Morgan fingerprint density at radius 1 is 1.25 bits per heavy atom. The van der Waals surface area contributed by atoms with E-state index in [2.05, 4.69) is 6.92 Å². The van der Waals surface area contributed by atoms with Gasteiger partial charge < -0.3 is 9.84 Å². The zero-order chi connectivity index (χ0) is 13.9. The van der Waals surface area contributed by atoms with Crippen LogP contribution in [0.25, 0.3) is 0 Å². The van der Waals surface area contributed by atoms with E-state index in [0.29, 0.717) is 12.0 Å². The summed E-state index contributed by atoms with van der Waals surface area (Å²) < 4.78 is 5.83. The van der Waals surface area contributed by atoms with Crippen molar-refractivity contribution in [3.05, 3.63) is 29.8 Å². The maximum Gasteiger partial charge on any atom is 0.120 e. The molecule has 0 saturated heterocycles. The summed E-state index contributed by atoms with van der Waals surface area (Å²) in [5.74, 6) is 2.14. The van der Waals surface area contributed by atoms with Crippen LogP contribution in [0.2, 0.25) is 0 Å². The van der Waals surface area contributed by atoms with Crippen LogP contribution in [0, 0.1) is 11.8 Å². The van der Waals surface area contributed by atoms with Crippen LogP contribution in [-0.4, -0.2) is 11.2 Å². The molecule has 0 radical (unpaired) electrons. The number of aliphatic hydroxyl groups is 1. The number of ether oxygens (including phenoxy) is 1. The van der Waals surface area contributed by atoms with Gasteiger partial charge in [-0.25, -0.2) is 0 Å². The maximum absolute atomic E-state index is 10.7. The first-order chi connectivity index (χ1) is 9.76. The van der Waals surface area contributed by atoms with Crippen LogP contribution in [0.3, 0.4) is 0 Å². The van der Waals surface area contributed by atoms with Crippen molar-refractivity contribution in [2.45, 2.75) is 64.1 Å². The molecule has 2 aliphatic rings. The molecule has 1 aromatic rings. The van der Waals surface area contributed by atoms with Gasteiger partial charge in [-0.1, -0.05) is 38.3 Å².